The number of hydrogen-bond donors (Lipinski definition) is 1. The monoisotopic (exact) mass is 283 g/mol. The second kappa shape index (κ2) is 6.84. The average molecular weight is 283 g/mol. The van der Waals surface area contributed by atoms with E-state index in [1.807, 2.05) is 0 Å². The van der Waals surface area contributed by atoms with Crippen molar-refractivity contribution in [2.24, 2.45) is 5.73 Å². The Hall–Kier alpha value is -0.950. The van der Waals surface area contributed by atoms with Crippen molar-refractivity contribution in [1.82, 2.24) is 0 Å². The van der Waals surface area contributed by atoms with Crippen molar-refractivity contribution >= 4 is 11.8 Å². The lowest BCUT2D eigenvalue weighted by Gasteiger charge is -2.09. The number of nitrogens with two attached hydrogens (primary N) is 1. The van der Waals surface area contributed by atoms with E-state index >= 15 is 0 Å². The summed E-state index contributed by atoms with van der Waals surface area (Å²) < 4.78 is 53.7. The summed E-state index contributed by atoms with van der Waals surface area (Å²) in [7, 11) is 0. The number of rotatable bonds is 6. The Morgan fingerprint density at radius 1 is 1.22 bits per heavy atom. The van der Waals surface area contributed by atoms with Crippen LogP contribution in [0.15, 0.2) is 18.2 Å². The highest BCUT2D eigenvalue weighted by Crippen LogP contribution is 2.29. The van der Waals surface area contributed by atoms with Gasteiger partial charge in [0.15, 0.2) is 0 Å². The number of hydrogen-bond acceptors (Lipinski definition) is 3. The molecule has 0 radical (unpaired) electrons. The number of thioether (sulfide) groups is 1. The van der Waals surface area contributed by atoms with E-state index in [1.165, 1.54) is 6.07 Å². The smallest absolute Gasteiger partial charge is 0.441 e. The summed E-state index contributed by atoms with van der Waals surface area (Å²) in [6.07, 6.45) is 0.491. The molecule has 0 spiro atoms. The van der Waals surface area contributed by atoms with E-state index in [0.29, 0.717) is 18.5 Å². The summed E-state index contributed by atoms with van der Waals surface area (Å²) in [4.78, 5) is 0. The molecule has 0 amide bonds. The standard InChI is InChI=1S/C11H13F4NOS/c12-9-5-8(1-2-16)6-10(7-9)17-3-4-18-11(13,14)15/h5-7H,1-4,16H2. The van der Waals surface area contributed by atoms with Gasteiger partial charge in [0.25, 0.3) is 0 Å². The van der Waals surface area contributed by atoms with Crippen molar-refractivity contribution in [2.75, 3.05) is 18.9 Å². The number of halogens is 4. The fraction of sp³-hybridized carbons (Fsp3) is 0.455. The molecular weight excluding hydrogens is 270 g/mol. The fourth-order valence-electron chi connectivity index (χ4n) is 1.33. The van der Waals surface area contributed by atoms with Crippen LogP contribution in [-0.4, -0.2) is 24.4 Å². The topological polar surface area (TPSA) is 35.2 Å². The van der Waals surface area contributed by atoms with Crippen LogP contribution >= 0.6 is 11.8 Å². The number of benzene rings is 1. The molecule has 0 atom stereocenters. The van der Waals surface area contributed by atoms with E-state index < -0.39 is 11.3 Å². The Labute approximate surface area is 106 Å². The molecule has 102 valence electrons. The number of ether oxygens (including phenoxy) is 1. The van der Waals surface area contributed by atoms with Gasteiger partial charge in [-0.3, -0.25) is 0 Å². The Morgan fingerprint density at radius 3 is 2.56 bits per heavy atom. The highest BCUT2D eigenvalue weighted by molar-refractivity contribution is 8.00. The summed E-state index contributed by atoms with van der Waals surface area (Å²) >= 11 is -0.167. The third kappa shape index (κ3) is 6.11. The normalized spacial score (nSPS) is 11.6. The zero-order valence-electron chi connectivity index (χ0n) is 9.47. The van der Waals surface area contributed by atoms with Crippen molar-refractivity contribution in [2.45, 2.75) is 11.9 Å². The van der Waals surface area contributed by atoms with E-state index in [9.17, 15) is 17.6 Å². The van der Waals surface area contributed by atoms with Gasteiger partial charge in [-0.15, -0.1) is 0 Å². The van der Waals surface area contributed by atoms with Gasteiger partial charge in [0.05, 0.1) is 6.61 Å². The van der Waals surface area contributed by atoms with E-state index in [-0.39, 0.29) is 29.9 Å². The van der Waals surface area contributed by atoms with Crippen LogP contribution in [0.2, 0.25) is 0 Å². The van der Waals surface area contributed by atoms with Crippen LogP contribution in [0.5, 0.6) is 5.75 Å². The molecule has 0 saturated heterocycles. The molecule has 1 aromatic rings. The van der Waals surface area contributed by atoms with Gasteiger partial charge >= 0.3 is 5.51 Å². The van der Waals surface area contributed by atoms with Gasteiger partial charge in [-0.25, -0.2) is 4.39 Å². The Bertz CT molecular complexity index is 384. The SMILES string of the molecule is NCCc1cc(F)cc(OCCSC(F)(F)F)c1. The highest BCUT2D eigenvalue weighted by Gasteiger charge is 2.27. The van der Waals surface area contributed by atoms with Crippen molar-refractivity contribution in [1.29, 1.82) is 0 Å². The molecule has 2 nitrogen and oxygen atoms in total. The summed E-state index contributed by atoms with van der Waals surface area (Å²) in [6, 6.07) is 4.04. The van der Waals surface area contributed by atoms with Gasteiger partial charge < -0.3 is 10.5 Å². The Morgan fingerprint density at radius 2 is 1.94 bits per heavy atom. The molecule has 1 rings (SSSR count). The lowest BCUT2D eigenvalue weighted by Crippen LogP contribution is -2.08. The van der Waals surface area contributed by atoms with Gasteiger partial charge in [0.2, 0.25) is 0 Å². The first-order valence-electron chi connectivity index (χ1n) is 5.24. The molecule has 0 aliphatic rings. The van der Waals surface area contributed by atoms with Crippen molar-refractivity contribution in [3.05, 3.63) is 29.6 Å². The van der Waals surface area contributed by atoms with Crippen LogP contribution in [-0.2, 0) is 6.42 Å². The Balaban J connectivity index is 2.46. The quantitative estimate of drug-likeness (QED) is 0.644. The van der Waals surface area contributed by atoms with Crippen molar-refractivity contribution < 1.29 is 22.3 Å². The Kier molecular flexibility index (Phi) is 5.74. The van der Waals surface area contributed by atoms with Gasteiger partial charge in [0, 0.05) is 11.8 Å². The van der Waals surface area contributed by atoms with Crippen molar-refractivity contribution in [3.8, 4) is 5.75 Å². The molecule has 0 aliphatic carbocycles. The van der Waals surface area contributed by atoms with Crippen LogP contribution in [0, 0.1) is 5.82 Å². The first-order valence-corrected chi connectivity index (χ1v) is 6.22. The molecule has 0 aromatic heterocycles. The zero-order valence-corrected chi connectivity index (χ0v) is 10.3. The summed E-state index contributed by atoms with van der Waals surface area (Å²) in [5, 5.41) is 0. The maximum Gasteiger partial charge on any atom is 0.441 e. The van der Waals surface area contributed by atoms with E-state index in [1.54, 1.807) is 6.07 Å². The van der Waals surface area contributed by atoms with Gasteiger partial charge in [-0.05, 0) is 42.4 Å². The van der Waals surface area contributed by atoms with Crippen LogP contribution in [0.1, 0.15) is 5.56 Å². The molecule has 0 saturated carbocycles. The molecule has 0 unspecified atom stereocenters. The maximum atomic E-state index is 13.1. The van der Waals surface area contributed by atoms with Gasteiger partial charge in [-0.2, -0.15) is 13.2 Å². The maximum absolute atomic E-state index is 13.1. The van der Waals surface area contributed by atoms with E-state index in [2.05, 4.69) is 0 Å². The highest BCUT2D eigenvalue weighted by atomic mass is 32.2. The number of alkyl halides is 3. The fourth-order valence-corrected chi connectivity index (χ4v) is 1.73. The minimum Gasteiger partial charge on any atom is -0.493 e. The molecule has 0 bridgehead atoms. The molecule has 18 heavy (non-hydrogen) atoms. The van der Waals surface area contributed by atoms with Gasteiger partial charge in [0.1, 0.15) is 11.6 Å². The molecule has 0 fully saturated rings. The zero-order chi connectivity index (χ0) is 13.6. The van der Waals surface area contributed by atoms with Crippen LogP contribution in [0.25, 0.3) is 0 Å². The van der Waals surface area contributed by atoms with Gasteiger partial charge in [-0.1, -0.05) is 0 Å². The largest absolute Gasteiger partial charge is 0.493 e. The second-order valence-corrected chi connectivity index (χ2v) is 4.64. The third-order valence-corrected chi connectivity index (χ3v) is 2.68. The lowest BCUT2D eigenvalue weighted by atomic mass is 10.1. The first kappa shape index (κ1) is 15.1. The predicted octanol–water partition coefficient (Wildman–Crippen LogP) is 2.96. The van der Waals surface area contributed by atoms with Crippen LogP contribution in [0.4, 0.5) is 17.6 Å². The summed E-state index contributed by atoms with van der Waals surface area (Å²) in [5.74, 6) is -0.493. The first-order chi connectivity index (χ1) is 8.40. The summed E-state index contributed by atoms with van der Waals surface area (Å²) in [6.45, 7) is 0.239. The van der Waals surface area contributed by atoms with E-state index in [0.717, 1.165) is 6.07 Å². The predicted molar refractivity (Wildman–Crippen MR) is 63.2 cm³/mol. The lowest BCUT2D eigenvalue weighted by molar-refractivity contribution is -0.0329. The minimum absolute atomic E-state index is 0.129. The minimum atomic E-state index is -4.27. The molecule has 0 aliphatic heterocycles. The van der Waals surface area contributed by atoms with Crippen LogP contribution < -0.4 is 10.5 Å². The summed E-state index contributed by atoms with van der Waals surface area (Å²) in [5.41, 5.74) is 1.73. The van der Waals surface area contributed by atoms with Crippen molar-refractivity contribution in [3.63, 3.8) is 0 Å². The van der Waals surface area contributed by atoms with E-state index in [4.69, 9.17) is 10.5 Å². The molecule has 7 heteroatoms. The molecule has 1 aromatic carbocycles. The average Bonchev–Trinajstić information content (AvgIpc) is 2.23. The van der Waals surface area contributed by atoms with Crippen LogP contribution in [0.3, 0.4) is 0 Å². The molecular formula is C11H13F4NOS. The molecule has 2 N–H and O–H groups in total. The molecule has 0 heterocycles. The third-order valence-electron chi connectivity index (χ3n) is 1.98. The second-order valence-electron chi connectivity index (χ2n) is 3.48.